The fraction of sp³-hybridized carbons (Fsp3) is 0.500. The lowest BCUT2D eigenvalue weighted by molar-refractivity contribution is -0.128. The van der Waals surface area contributed by atoms with E-state index < -0.39 is 10.0 Å². The number of sulfonamides is 1. The third-order valence-electron chi connectivity index (χ3n) is 3.18. The highest BCUT2D eigenvalue weighted by atomic mass is 32.2. The van der Waals surface area contributed by atoms with E-state index in [9.17, 15) is 13.2 Å². The second-order valence-electron chi connectivity index (χ2n) is 5.08. The molecule has 1 aromatic rings. The molecule has 6 nitrogen and oxygen atoms in total. The molecule has 0 saturated heterocycles. The first-order valence-electron chi connectivity index (χ1n) is 6.76. The summed E-state index contributed by atoms with van der Waals surface area (Å²) in [6, 6.07) is 6.27. The predicted octanol–water partition coefficient (Wildman–Crippen LogP) is 0.805. The third kappa shape index (κ3) is 4.26. The van der Waals surface area contributed by atoms with Gasteiger partial charge in [0.15, 0.2) is 0 Å². The van der Waals surface area contributed by atoms with Gasteiger partial charge in [0, 0.05) is 26.7 Å². The molecular formula is C14H23N3O3S. The summed E-state index contributed by atoms with van der Waals surface area (Å²) in [6.07, 6.45) is 0. The van der Waals surface area contributed by atoms with Gasteiger partial charge in [-0.1, -0.05) is 19.1 Å². The Bertz CT molecular complexity index is 597. The van der Waals surface area contributed by atoms with Gasteiger partial charge in [0.1, 0.15) is 0 Å². The molecule has 1 amide bonds. The van der Waals surface area contributed by atoms with Gasteiger partial charge in [-0.25, -0.2) is 8.42 Å². The summed E-state index contributed by atoms with van der Waals surface area (Å²) in [4.78, 5) is 13.3. The first-order valence-corrected chi connectivity index (χ1v) is 8.20. The van der Waals surface area contributed by atoms with Gasteiger partial charge >= 0.3 is 0 Å². The lowest BCUT2D eigenvalue weighted by Gasteiger charge is -2.22. The van der Waals surface area contributed by atoms with Crippen LogP contribution in [0, 0.1) is 0 Å². The minimum Gasteiger partial charge on any atom is -0.348 e. The predicted molar refractivity (Wildman–Crippen MR) is 82.2 cm³/mol. The largest absolute Gasteiger partial charge is 0.348 e. The molecule has 0 heterocycles. The summed E-state index contributed by atoms with van der Waals surface area (Å²) in [5.74, 6) is -0.260. The molecule has 7 heteroatoms. The number of hydrogen-bond acceptors (Lipinski definition) is 4. The quantitative estimate of drug-likeness (QED) is 0.842. The van der Waals surface area contributed by atoms with Crippen LogP contribution in [0.3, 0.4) is 0 Å². The Kier molecular flexibility index (Phi) is 5.88. The van der Waals surface area contributed by atoms with Crippen molar-refractivity contribution in [2.45, 2.75) is 24.8 Å². The molecule has 0 aliphatic heterocycles. The summed E-state index contributed by atoms with van der Waals surface area (Å²) >= 11 is 0. The van der Waals surface area contributed by atoms with Gasteiger partial charge < -0.3 is 10.6 Å². The van der Waals surface area contributed by atoms with Crippen molar-refractivity contribution in [3.63, 3.8) is 0 Å². The van der Waals surface area contributed by atoms with Crippen LogP contribution in [0.1, 0.15) is 25.5 Å². The van der Waals surface area contributed by atoms with Crippen LogP contribution in [0.2, 0.25) is 0 Å². The maximum Gasteiger partial charge on any atom is 0.243 e. The number of benzene rings is 1. The maximum absolute atomic E-state index is 12.6. The molecule has 1 aromatic carbocycles. The number of nitrogens with two attached hydrogens (primary N) is 1. The Hall–Kier alpha value is -1.44. The molecule has 118 valence electrons. The number of carbonyl (C=O) groups excluding carboxylic acids is 1. The van der Waals surface area contributed by atoms with Crippen LogP contribution >= 0.6 is 0 Å². The third-order valence-corrected chi connectivity index (χ3v) is 5.10. The van der Waals surface area contributed by atoms with Crippen LogP contribution in [0.5, 0.6) is 0 Å². The summed E-state index contributed by atoms with van der Waals surface area (Å²) in [5.41, 5.74) is 6.53. The van der Waals surface area contributed by atoms with Crippen molar-refractivity contribution in [3.05, 3.63) is 29.8 Å². The van der Waals surface area contributed by atoms with Crippen LogP contribution in [0.15, 0.2) is 29.2 Å². The first-order chi connectivity index (χ1) is 9.70. The van der Waals surface area contributed by atoms with E-state index in [4.69, 9.17) is 5.73 Å². The fourth-order valence-electron chi connectivity index (χ4n) is 1.77. The number of nitrogens with zero attached hydrogens (tertiary/aromatic N) is 2. The average molecular weight is 313 g/mol. The lowest BCUT2D eigenvalue weighted by atomic mass is 10.1. The van der Waals surface area contributed by atoms with Crippen molar-refractivity contribution in [1.82, 2.24) is 9.21 Å². The Morgan fingerprint density at radius 1 is 1.33 bits per heavy atom. The molecular weight excluding hydrogens is 290 g/mol. The molecule has 0 spiro atoms. The van der Waals surface area contributed by atoms with E-state index in [-0.39, 0.29) is 29.9 Å². The fourth-order valence-corrected chi connectivity index (χ4v) is 3.22. The van der Waals surface area contributed by atoms with E-state index in [0.717, 1.165) is 9.87 Å². The van der Waals surface area contributed by atoms with Crippen LogP contribution in [0.4, 0.5) is 0 Å². The van der Waals surface area contributed by atoms with Crippen molar-refractivity contribution in [3.8, 4) is 0 Å². The summed E-state index contributed by atoms with van der Waals surface area (Å²) in [7, 11) is -0.512. The monoisotopic (exact) mass is 313 g/mol. The van der Waals surface area contributed by atoms with Crippen LogP contribution in [-0.4, -0.2) is 50.7 Å². The Labute approximate surface area is 126 Å². The van der Waals surface area contributed by atoms with Gasteiger partial charge in [0.05, 0.1) is 11.4 Å². The summed E-state index contributed by atoms with van der Waals surface area (Å²) in [5, 5.41) is 0. The summed E-state index contributed by atoms with van der Waals surface area (Å²) < 4.78 is 26.4. The Morgan fingerprint density at radius 3 is 2.43 bits per heavy atom. The standard InChI is InChI=1S/C14H23N3O3S/c1-5-17(10-14(18)16(3)4)21(19,20)13-8-6-7-12(9-13)11(2)15/h6-9,11H,5,10,15H2,1-4H3. The number of rotatable bonds is 6. The molecule has 0 radical (unpaired) electrons. The van der Waals surface area contributed by atoms with Crippen molar-refractivity contribution in [2.24, 2.45) is 5.73 Å². The topological polar surface area (TPSA) is 83.7 Å². The zero-order valence-corrected chi connectivity index (χ0v) is 13.7. The van der Waals surface area contributed by atoms with Crippen molar-refractivity contribution in [1.29, 1.82) is 0 Å². The molecule has 0 bridgehead atoms. The van der Waals surface area contributed by atoms with Crippen LogP contribution in [-0.2, 0) is 14.8 Å². The zero-order chi connectivity index (χ0) is 16.2. The highest BCUT2D eigenvalue weighted by molar-refractivity contribution is 7.89. The van der Waals surface area contributed by atoms with Gasteiger partial charge in [-0.2, -0.15) is 4.31 Å². The molecule has 0 fully saturated rings. The zero-order valence-electron chi connectivity index (χ0n) is 12.9. The minimum absolute atomic E-state index is 0.158. The second kappa shape index (κ2) is 7.02. The van der Waals surface area contributed by atoms with E-state index in [2.05, 4.69) is 0 Å². The SMILES string of the molecule is CCN(CC(=O)N(C)C)S(=O)(=O)c1cccc(C(C)N)c1. The maximum atomic E-state index is 12.6. The normalized spacial score (nSPS) is 13.2. The van der Waals surface area contributed by atoms with E-state index >= 15 is 0 Å². The van der Waals surface area contributed by atoms with E-state index in [1.54, 1.807) is 46.1 Å². The van der Waals surface area contributed by atoms with Gasteiger partial charge in [0.25, 0.3) is 0 Å². The Balaban J connectivity index is 3.13. The van der Waals surface area contributed by atoms with Gasteiger partial charge in [0.2, 0.25) is 15.9 Å². The van der Waals surface area contributed by atoms with Gasteiger partial charge in [-0.3, -0.25) is 4.79 Å². The minimum atomic E-state index is -3.71. The molecule has 2 N–H and O–H groups in total. The number of hydrogen-bond donors (Lipinski definition) is 1. The number of likely N-dealkylation sites (N-methyl/N-ethyl adjacent to an activating group) is 2. The van der Waals surface area contributed by atoms with Crippen LogP contribution in [0.25, 0.3) is 0 Å². The van der Waals surface area contributed by atoms with E-state index in [1.807, 2.05) is 0 Å². The van der Waals surface area contributed by atoms with E-state index in [0.29, 0.717) is 0 Å². The van der Waals surface area contributed by atoms with Gasteiger partial charge in [-0.05, 0) is 24.6 Å². The Morgan fingerprint density at radius 2 is 1.95 bits per heavy atom. The average Bonchev–Trinajstić information content (AvgIpc) is 2.44. The first kappa shape index (κ1) is 17.6. The summed E-state index contributed by atoms with van der Waals surface area (Å²) in [6.45, 7) is 3.55. The smallest absolute Gasteiger partial charge is 0.243 e. The molecule has 1 rings (SSSR count). The second-order valence-corrected chi connectivity index (χ2v) is 7.02. The molecule has 21 heavy (non-hydrogen) atoms. The van der Waals surface area contributed by atoms with E-state index in [1.165, 1.54) is 11.0 Å². The molecule has 0 saturated carbocycles. The molecule has 0 aromatic heterocycles. The molecule has 1 atom stereocenters. The highest BCUT2D eigenvalue weighted by Gasteiger charge is 2.26. The highest BCUT2D eigenvalue weighted by Crippen LogP contribution is 2.19. The van der Waals surface area contributed by atoms with Gasteiger partial charge in [-0.15, -0.1) is 0 Å². The van der Waals surface area contributed by atoms with Crippen molar-refractivity contribution in [2.75, 3.05) is 27.2 Å². The number of amides is 1. The molecule has 1 unspecified atom stereocenters. The van der Waals surface area contributed by atoms with Crippen molar-refractivity contribution >= 4 is 15.9 Å². The van der Waals surface area contributed by atoms with Crippen LogP contribution < -0.4 is 5.73 Å². The molecule has 0 aliphatic rings. The van der Waals surface area contributed by atoms with Crippen molar-refractivity contribution < 1.29 is 13.2 Å². The molecule has 0 aliphatic carbocycles. The lowest BCUT2D eigenvalue weighted by Crippen LogP contribution is -2.40. The number of carbonyl (C=O) groups is 1.